The Bertz CT molecular complexity index is 281. The molecule has 15 heavy (non-hydrogen) atoms. The highest BCUT2D eigenvalue weighted by Gasteiger charge is 2.21. The summed E-state index contributed by atoms with van der Waals surface area (Å²) in [5, 5.41) is 13.6. The normalized spacial score (nSPS) is 24.5. The molecule has 0 radical (unpaired) electrons. The van der Waals surface area contributed by atoms with Gasteiger partial charge in [0, 0.05) is 24.0 Å². The quantitative estimate of drug-likeness (QED) is 0.773. The summed E-state index contributed by atoms with van der Waals surface area (Å²) in [6.07, 6.45) is 7.80. The fourth-order valence-electron chi connectivity index (χ4n) is 2.11. The molecular weight excluding hydrogens is 188 g/mol. The Kier molecular flexibility index (Phi) is 3.69. The fraction of sp³-hybridized carbons (Fsp3) is 0.583. The zero-order chi connectivity index (χ0) is 10.5. The predicted molar refractivity (Wildman–Crippen MR) is 59.5 cm³/mol. The fourth-order valence-corrected chi connectivity index (χ4v) is 2.11. The van der Waals surface area contributed by atoms with Crippen molar-refractivity contribution in [1.82, 2.24) is 10.3 Å². The number of aromatic nitrogens is 1. The van der Waals surface area contributed by atoms with E-state index < -0.39 is 6.10 Å². The molecule has 1 aromatic rings. The third-order valence-electron chi connectivity index (χ3n) is 3.01. The topological polar surface area (TPSA) is 45.2 Å². The van der Waals surface area contributed by atoms with Crippen LogP contribution in [0.25, 0.3) is 0 Å². The van der Waals surface area contributed by atoms with Gasteiger partial charge in [-0.3, -0.25) is 4.98 Å². The molecule has 3 nitrogen and oxygen atoms in total. The Morgan fingerprint density at radius 3 is 3.13 bits per heavy atom. The molecule has 1 aliphatic heterocycles. The van der Waals surface area contributed by atoms with Crippen LogP contribution in [0.15, 0.2) is 24.5 Å². The summed E-state index contributed by atoms with van der Waals surface area (Å²) in [4.78, 5) is 4.04. The molecule has 2 atom stereocenters. The number of aliphatic hydroxyl groups is 1. The lowest BCUT2D eigenvalue weighted by Crippen LogP contribution is -2.34. The lowest BCUT2D eigenvalue weighted by molar-refractivity contribution is 0.126. The average Bonchev–Trinajstić information content (AvgIpc) is 2.58. The minimum Gasteiger partial charge on any atom is -0.387 e. The largest absolute Gasteiger partial charge is 0.387 e. The summed E-state index contributed by atoms with van der Waals surface area (Å²) in [6, 6.07) is 4.00. The minimum atomic E-state index is -0.420. The van der Waals surface area contributed by atoms with Gasteiger partial charge in [-0.2, -0.15) is 0 Å². The van der Waals surface area contributed by atoms with Crippen LogP contribution in [-0.2, 0) is 0 Å². The number of hydrogen-bond donors (Lipinski definition) is 2. The first-order valence-electron chi connectivity index (χ1n) is 5.69. The van der Waals surface area contributed by atoms with Gasteiger partial charge in [0.15, 0.2) is 0 Å². The molecule has 2 heterocycles. The molecule has 2 rings (SSSR count). The maximum Gasteiger partial charge on any atom is 0.0957 e. The van der Waals surface area contributed by atoms with Gasteiger partial charge in [0.25, 0.3) is 0 Å². The molecule has 0 unspecified atom stereocenters. The Hall–Kier alpha value is -0.930. The number of nitrogens with one attached hydrogen (secondary N) is 1. The van der Waals surface area contributed by atoms with Crippen molar-refractivity contribution < 1.29 is 5.11 Å². The van der Waals surface area contributed by atoms with Crippen LogP contribution in [0.2, 0.25) is 0 Å². The van der Waals surface area contributed by atoms with Gasteiger partial charge in [0.1, 0.15) is 0 Å². The van der Waals surface area contributed by atoms with Crippen molar-refractivity contribution in [3.63, 3.8) is 0 Å². The highest BCUT2D eigenvalue weighted by molar-refractivity contribution is 5.13. The van der Waals surface area contributed by atoms with Gasteiger partial charge >= 0.3 is 0 Å². The third-order valence-corrected chi connectivity index (χ3v) is 3.01. The second kappa shape index (κ2) is 5.24. The summed E-state index contributed by atoms with van der Waals surface area (Å²) in [7, 11) is 0. The Labute approximate surface area is 90.5 Å². The van der Waals surface area contributed by atoms with Crippen molar-refractivity contribution in [2.75, 3.05) is 6.54 Å². The molecule has 0 aliphatic carbocycles. The summed E-state index contributed by atoms with van der Waals surface area (Å²) in [6.45, 7) is 1.02. The Morgan fingerprint density at radius 2 is 2.33 bits per heavy atom. The van der Waals surface area contributed by atoms with Gasteiger partial charge in [0.05, 0.1) is 6.10 Å². The molecule has 0 amide bonds. The monoisotopic (exact) mass is 206 g/mol. The van der Waals surface area contributed by atoms with Gasteiger partial charge in [-0.15, -0.1) is 0 Å². The van der Waals surface area contributed by atoms with Gasteiger partial charge < -0.3 is 10.4 Å². The Balaban J connectivity index is 2.03. The summed E-state index contributed by atoms with van der Waals surface area (Å²) >= 11 is 0. The maximum atomic E-state index is 10.2. The van der Waals surface area contributed by atoms with Crippen molar-refractivity contribution in [3.05, 3.63) is 30.1 Å². The number of aliphatic hydroxyl groups excluding tert-OH is 1. The van der Waals surface area contributed by atoms with E-state index in [2.05, 4.69) is 10.3 Å². The summed E-state index contributed by atoms with van der Waals surface area (Å²) < 4.78 is 0. The van der Waals surface area contributed by atoms with Gasteiger partial charge in [-0.25, -0.2) is 0 Å². The van der Waals surface area contributed by atoms with Gasteiger partial charge in [-0.1, -0.05) is 18.9 Å². The number of rotatable bonds is 2. The lowest BCUT2D eigenvalue weighted by Gasteiger charge is -2.22. The number of hydrogen-bond acceptors (Lipinski definition) is 3. The molecule has 1 aromatic heterocycles. The first-order chi connectivity index (χ1) is 7.38. The molecule has 0 aromatic carbocycles. The van der Waals surface area contributed by atoms with E-state index in [1.54, 1.807) is 12.4 Å². The van der Waals surface area contributed by atoms with E-state index in [4.69, 9.17) is 0 Å². The second-order valence-corrected chi connectivity index (χ2v) is 4.14. The standard InChI is InChI=1S/C12H18N2O/c15-12(10-5-4-7-13-9-10)11-6-2-1-3-8-14-11/h4-5,7,9,11-12,14-15H,1-3,6,8H2/t11-,12+/m1/s1. The van der Waals surface area contributed by atoms with Crippen LogP contribution in [0, 0.1) is 0 Å². The van der Waals surface area contributed by atoms with Crippen LogP contribution >= 0.6 is 0 Å². The molecule has 3 heteroatoms. The molecule has 82 valence electrons. The molecule has 1 fully saturated rings. The van der Waals surface area contributed by atoms with Crippen LogP contribution < -0.4 is 5.32 Å². The van der Waals surface area contributed by atoms with E-state index in [1.165, 1.54) is 19.3 Å². The van der Waals surface area contributed by atoms with Crippen molar-refractivity contribution in [2.45, 2.75) is 37.8 Å². The first kappa shape index (κ1) is 10.6. The van der Waals surface area contributed by atoms with Crippen molar-refractivity contribution in [1.29, 1.82) is 0 Å². The van der Waals surface area contributed by atoms with Gasteiger partial charge in [0.2, 0.25) is 0 Å². The predicted octanol–water partition coefficient (Wildman–Crippen LogP) is 1.65. The lowest BCUT2D eigenvalue weighted by atomic mass is 10.00. The first-order valence-corrected chi connectivity index (χ1v) is 5.69. The number of pyridine rings is 1. The SMILES string of the molecule is O[C@@H](c1cccnc1)[C@H]1CCCCCN1. The van der Waals surface area contributed by atoms with E-state index in [0.717, 1.165) is 18.5 Å². The summed E-state index contributed by atoms with van der Waals surface area (Å²) in [5.41, 5.74) is 0.914. The molecule has 1 aliphatic rings. The van der Waals surface area contributed by atoms with E-state index in [-0.39, 0.29) is 6.04 Å². The smallest absolute Gasteiger partial charge is 0.0957 e. The highest BCUT2D eigenvalue weighted by Crippen LogP contribution is 2.21. The maximum absolute atomic E-state index is 10.2. The second-order valence-electron chi connectivity index (χ2n) is 4.14. The zero-order valence-electron chi connectivity index (χ0n) is 8.89. The van der Waals surface area contributed by atoms with E-state index in [1.807, 2.05) is 12.1 Å². The van der Waals surface area contributed by atoms with Crippen molar-refractivity contribution in [2.24, 2.45) is 0 Å². The van der Waals surface area contributed by atoms with E-state index in [0.29, 0.717) is 0 Å². The molecule has 0 saturated carbocycles. The van der Waals surface area contributed by atoms with E-state index in [9.17, 15) is 5.11 Å². The third kappa shape index (κ3) is 2.76. The van der Waals surface area contributed by atoms with Crippen LogP contribution in [0.3, 0.4) is 0 Å². The molecule has 2 N–H and O–H groups in total. The zero-order valence-corrected chi connectivity index (χ0v) is 8.89. The van der Waals surface area contributed by atoms with Crippen LogP contribution in [0.4, 0.5) is 0 Å². The van der Waals surface area contributed by atoms with Crippen LogP contribution in [0.5, 0.6) is 0 Å². The summed E-state index contributed by atoms with van der Waals surface area (Å²) in [5.74, 6) is 0. The molecule has 0 bridgehead atoms. The Morgan fingerprint density at radius 1 is 1.40 bits per heavy atom. The van der Waals surface area contributed by atoms with E-state index >= 15 is 0 Å². The molecule has 1 saturated heterocycles. The number of nitrogens with zero attached hydrogens (tertiary/aromatic N) is 1. The average molecular weight is 206 g/mol. The highest BCUT2D eigenvalue weighted by atomic mass is 16.3. The van der Waals surface area contributed by atoms with Crippen LogP contribution in [-0.4, -0.2) is 22.7 Å². The van der Waals surface area contributed by atoms with Gasteiger partial charge in [-0.05, 0) is 25.5 Å². The molecular formula is C12H18N2O. The van der Waals surface area contributed by atoms with Crippen molar-refractivity contribution >= 4 is 0 Å². The molecule has 0 spiro atoms. The minimum absolute atomic E-state index is 0.191. The van der Waals surface area contributed by atoms with Crippen molar-refractivity contribution in [3.8, 4) is 0 Å². The van der Waals surface area contributed by atoms with Crippen LogP contribution in [0.1, 0.15) is 37.4 Å².